The van der Waals surface area contributed by atoms with Crippen LogP contribution in [0.3, 0.4) is 0 Å². The van der Waals surface area contributed by atoms with E-state index >= 15 is 0 Å². The fourth-order valence-electron chi connectivity index (χ4n) is 2.68. The molecular weight excluding hydrogens is 296 g/mol. The highest BCUT2D eigenvalue weighted by Gasteiger charge is 2.30. The van der Waals surface area contributed by atoms with Crippen molar-refractivity contribution in [3.05, 3.63) is 53.1 Å². The first-order valence-electron chi connectivity index (χ1n) is 7.17. The highest BCUT2D eigenvalue weighted by molar-refractivity contribution is 6.06. The number of ketones is 1. The maximum Gasteiger partial charge on any atom is 0.171 e. The summed E-state index contributed by atoms with van der Waals surface area (Å²) in [5, 5.41) is 0. The number of hydrogen-bond acceptors (Lipinski definition) is 5. The van der Waals surface area contributed by atoms with Gasteiger partial charge < -0.3 is 14.2 Å². The fourth-order valence-corrected chi connectivity index (χ4v) is 2.68. The Labute approximate surface area is 133 Å². The molecule has 23 heavy (non-hydrogen) atoms. The highest BCUT2D eigenvalue weighted by Crippen LogP contribution is 2.39. The number of hydrogen-bond donors (Lipinski definition) is 0. The standard InChI is InChI=1S/C18H16O5/c1-21-13-5-3-11(4-6-13)16-9-15(20)18-12(10-19)7-14(22-2)8-17(18)23-16/h3-8,10,16H,9H2,1-2H3. The second kappa shape index (κ2) is 6.12. The molecule has 1 aliphatic heterocycles. The zero-order chi connectivity index (χ0) is 16.4. The van der Waals surface area contributed by atoms with E-state index in [4.69, 9.17) is 14.2 Å². The minimum atomic E-state index is -0.396. The monoisotopic (exact) mass is 312 g/mol. The molecule has 1 unspecified atom stereocenters. The van der Waals surface area contributed by atoms with Gasteiger partial charge >= 0.3 is 0 Å². The number of fused-ring (bicyclic) bond motifs is 1. The highest BCUT2D eigenvalue weighted by atomic mass is 16.5. The molecule has 0 radical (unpaired) electrons. The van der Waals surface area contributed by atoms with Gasteiger partial charge in [0.2, 0.25) is 0 Å². The van der Waals surface area contributed by atoms with E-state index in [1.807, 2.05) is 24.3 Å². The van der Waals surface area contributed by atoms with E-state index in [-0.39, 0.29) is 17.8 Å². The molecule has 0 saturated heterocycles. The normalized spacial score (nSPS) is 16.3. The molecule has 1 atom stereocenters. The lowest BCUT2D eigenvalue weighted by Gasteiger charge is -2.26. The van der Waals surface area contributed by atoms with Crippen LogP contribution < -0.4 is 14.2 Å². The van der Waals surface area contributed by atoms with Crippen molar-refractivity contribution in [2.24, 2.45) is 0 Å². The first-order chi connectivity index (χ1) is 11.2. The third-order valence-corrected chi connectivity index (χ3v) is 3.88. The third-order valence-electron chi connectivity index (χ3n) is 3.88. The summed E-state index contributed by atoms with van der Waals surface area (Å²) in [6, 6.07) is 10.5. The first-order valence-corrected chi connectivity index (χ1v) is 7.17. The number of methoxy groups -OCH3 is 2. The minimum Gasteiger partial charge on any atom is -0.497 e. The van der Waals surface area contributed by atoms with Crippen molar-refractivity contribution in [1.82, 2.24) is 0 Å². The lowest BCUT2D eigenvalue weighted by Crippen LogP contribution is -2.22. The van der Waals surface area contributed by atoms with E-state index < -0.39 is 6.10 Å². The van der Waals surface area contributed by atoms with Crippen LogP contribution in [-0.2, 0) is 0 Å². The Morgan fingerprint density at radius 1 is 1.09 bits per heavy atom. The second-order valence-corrected chi connectivity index (χ2v) is 5.21. The van der Waals surface area contributed by atoms with Crippen LogP contribution in [0.25, 0.3) is 0 Å². The van der Waals surface area contributed by atoms with Crippen molar-refractivity contribution in [3.63, 3.8) is 0 Å². The summed E-state index contributed by atoms with van der Waals surface area (Å²) in [6.07, 6.45) is 0.440. The number of ether oxygens (including phenoxy) is 3. The summed E-state index contributed by atoms with van der Waals surface area (Å²) in [7, 11) is 3.10. The third kappa shape index (κ3) is 2.77. The first kappa shape index (κ1) is 15.1. The summed E-state index contributed by atoms with van der Waals surface area (Å²) in [5.41, 5.74) is 1.49. The summed E-state index contributed by atoms with van der Waals surface area (Å²) in [4.78, 5) is 23.7. The lowest BCUT2D eigenvalue weighted by atomic mass is 9.93. The van der Waals surface area contributed by atoms with E-state index in [0.717, 1.165) is 11.3 Å². The molecular formula is C18H16O5. The second-order valence-electron chi connectivity index (χ2n) is 5.21. The number of carbonyl (C=O) groups excluding carboxylic acids is 2. The van der Waals surface area contributed by atoms with Gasteiger partial charge in [-0.25, -0.2) is 0 Å². The van der Waals surface area contributed by atoms with Crippen LogP contribution in [0.4, 0.5) is 0 Å². The average molecular weight is 312 g/mol. The Bertz CT molecular complexity index is 749. The topological polar surface area (TPSA) is 61.8 Å². The van der Waals surface area contributed by atoms with Gasteiger partial charge in [-0.2, -0.15) is 0 Å². The summed E-state index contributed by atoms with van der Waals surface area (Å²) < 4.78 is 16.2. The number of rotatable bonds is 4. The molecule has 2 aromatic rings. The van der Waals surface area contributed by atoms with E-state index in [0.29, 0.717) is 23.3 Å². The zero-order valence-electron chi connectivity index (χ0n) is 12.9. The molecule has 0 aliphatic carbocycles. The lowest BCUT2D eigenvalue weighted by molar-refractivity contribution is 0.0844. The predicted octanol–water partition coefficient (Wildman–Crippen LogP) is 3.22. The molecule has 5 nitrogen and oxygen atoms in total. The smallest absolute Gasteiger partial charge is 0.171 e. The number of aldehydes is 1. The van der Waals surface area contributed by atoms with Gasteiger partial charge in [-0.1, -0.05) is 12.1 Å². The van der Waals surface area contributed by atoms with Gasteiger partial charge in [-0.15, -0.1) is 0 Å². The maximum absolute atomic E-state index is 12.5. The molecule has 5 heteroatoms. The van der Waals surface area contributed by atoms with E-state index in [2.05, 4.69) is 0 Å². The molecule has 1 aliphatic rings. The van der Waals surface area contributed by atoms with Crippen molar-refractivity contribution in [2.75, 3.05) is 14.2 Å². The van der Waals surface area contributed by atoms with Crippen molar-refractivity contribution >= 4 is 12.1 Å². The molecule has 0 bridgehead atoms. The van der Waals surface area contributed by atoms with E-state index in [9.17, 15) is 9.59 Å². The predicted molar refractivity (Wildman–Crippen MR) is 83.7 cm³/mol. The Morgan fingerprint density at radius 3 is 2.39 bits per heavy atom. The van der Waals surface area contributed by atoms with Crippen LogP contribution >= 0.6 is 0 Å². The Balaban J connectivity index is 1.98. The summed E-state index contributed by atoms with van der Waals surface area (Å²) in [5.74, 6) is 1.48. The summed E-state index contributed by atoms with van der Waals surface area (Å²) >= 11 is 0. The van der Waals surface area contributed by atoms with E-state index in [1.54, 1.807) is 19.2 Å². The van der Waals surface area contributed by atoms with Crippen molar-refractivity contribution in [1.29, 1.82) is 0 Å². The van der Waals surface area contributed by atoms with Gasteiger partial charge in [-0.05, 0) is 23.8 Å². The molecule has 0 spiro atoms. The molecule has 118 valence electrons. The van der Waals surface area contributed by atoms with Gasteiger partial charge in [0.05, 0.1) is 26.2 Å². The van der Waals surface area contributed by atoms with Crippen LogP contribution in [0.2, 0.25) is 0 Å². The summed E-state index contributed by atoms with van der Waals surface area (Å²) in [6.45, 7) is 0. The van der Waals surface area contributed by atoms with Gasteiger partial charge in [0.15, 0.2) is 12.1 Å². The van der Waals surface area contributed by atoms with Crippen LogP contribution in [0.15, 0.2) is 36.4 Å². The molecule has 3 rings (SSSR count). The SMILES string of the molecule is COc1ccc(C2CC(=O)c3c(C=O)cc(OC)cc3O2)cc1. The molecule has 0 saturated carbocycles. The van der Waals surface area contributed by atoms with E-state index in [1.165, 1.54) is 7.11 Å². The number of Topliss-reactive ketones (excluding diaryl/α,β-unsaturated/α-hetero) is 1. The number of carbonyl (C=O) groups is 2. The zero-order valence-corrected chi connectivity index (χ0v) is 12.9. The maximum atomic E-state index is 12.5. The van der Waals surface area contributed by atoms with Crippen LogP contribution in [0, 0.1) is 0 Å². The fraction of sp³-hybridized carbons (Fsp3) is 0.222. The largest absolute Gasteiger partial charge is 0.497 e. The number of benzene rings is 2. The van der Waals surface area contributed by atoms with Gasteiger partial charge in [-0.3, -0.25) is 9.59 Å². The van der Waals surface area contributed by atoms with Gasteiger partial charge in [0.1, 0.15) is 23.4 Å². The quantitative estimate of drug-likeness (QED) is 0.811. The van der Waals surface area contributed by atoms with Crippen molar-refractivity contribution in [3.8, 4) is 17.2 Å². The van der Waals surface area contributed by atoms with Crippen LogP contribution in [0.5, 0.6) is 17.2 Å². The van der Waals surface area contributed by atoms with Crippen molar-refractivity contribution < 1.29 is 23.8 Å². The van der Waals surface area contributed by atoms with Gasteiger partial charge in [0, 0.05) is 11.6 Å². The molecule has 0 N–H and O–H groups in total. The Hall–Kier alpha value is -2.82. The van der Waals surface area contributed by atoms with Crippen LogP contribution in [-0.4, -0.2) is 26.3 Å². The average Bonchev–Trinajstić information content (AvgIpc) is 2.60. The molecule has 0 aromatic heterocycles. The molecule has 0 amide bonds. The minimum absolute atomic E-state index is 0.114. The van der Waals surface area contributed by atoms with Gasteiger partial charge in [0.25, 0.3) is 0 Å². The molecule has 1 heterocycles. The molecule has 2 aromatic carbocycles. The van der Waals surface area contributed by atoms with Crippen LogP contribution in [0.1, 0.15) is 38.8 Å². The Morgan fingerprint density at radius 2 is 1.78 bits per heavy atom. The Kier molecular flexibility index (Phi) is 4.02. The van der Waals surface area contributed by atoms with Crippen molar-refractivity contribution in [2.45, 2.75) is 12.5 Å². The molecule has 0 fully saturated rings.